The van der Waals surface area contributed by atoms with E-state index < -0.39 is 0 Å². The number of hydrogen-bond donors (Lipinski definition) is 1. The molecule has 2 aromatic heterocycles. The molecule has 0 unspecified atom stereocenters. The summed E-state index contributed by atoms with van der Waals surface area (Å²) in [5.41, 5.74) is 0.519. The van der Waals surface area contributed by atoms with E-state index in [9.17, 15) is 9.18 Å². The summed E-state index contributed by atoms with van der Waals surface area (Å²) in [5.74, 6) is -0.692. The molecular weight excluding hydrogens is 411 g/mol. The lowest BCUT2D eigenvalue weighted by molar-refractivity contribution is 0.0681. The van der Waals surface area contributed by atoms with E-state index in [1.54, 1.807) is 11.3 Å². The molecule has 1 amide bonds. The number of nitrogens with one attached hydrogen (secondary N) is 1. The number of thiophene rings is 1. The summed E-state index contributed by atoms with van der Waals surface area (Å²) in [5, 5.41) is 14.1. The second-order valence-electron chi connectivity index (χ2n) is 6.85. The zero-order valence-electron chi connectivity index (χ0n) is 15.7. The predicted molar refractivity (Wildman–Crippen MR) is 112 cm³/mol. The summed E-state index contributed by atoms with van der Waals surface area (Å²) in [6.45, 7) is 3.08. The molecule has 29 heavy (non-hydrogen) atoms. The van der Waals surface area contributed by atoms with Gasteiger partial charge in [0.15, 0.2) is 0 Å². The average Bonchev–Trinajstić information content (AvgIpc) is 3.47. The van der Waals surface area contributed by atoms with Crippen molar-refractivity contribution in [2.24, 2.45) is 0 Å². The van der Waals surface area contributed by atoms with Crippen molar-refractivity contribution in [2.45, 2.75) is 32.0 Å². The minimum atomic E-state index is -0.349. The molecule has 1 N–H and O–H groups in total. The molecule has 9 heteroatoms. The van der Waals surface area contributed by atoms with Crippen LogP contribution in [0.15, 0.2) is 41.8 Å². The van der Waals surface area contributed by atoms with E-state index in [1.165, 1.54) is 40.5 Å². The monoisotopic (exact) mass is 432 g/mol. The fourth-order valence-electron chi connectivity index (χ4n) is 3.20. The number of carbonyl (C=O) groups is 1. The number of rotatable bonds is 8. The van der Waals surface area contributed by atoms with Crippen LogP contribution in [0.2, 0.25) is 0 Å². The van der Waals surface area contributed by atoms with Crippen LogP contribution in [0.1, 0.15) is 32.5 Å². The largest absolute Gasteiger partial charge is 0.377 e. The Hall–Kier alpha value is -2.20. The highest BCUT2D eigenvalue weighted by molar-refractivity contribution is 7.13. The second kappa shape index (κ2) is 9.53. The molecule has 0 spiro atoms. The summed E-state index contributed by atoms with van der Waals surface area (Å²) in [6, 6.07) is 9.80. The molecule has 0 bridgehead atoms. The lowest BCUT2D eigenvalue weighted by atomic mass is 10.2. The van der Waals surface area contributed by atoms with Crippen LogP contribution >= 0.6 is 22.7 Å². The molecule has 1 aliphatic rings. The van der Waals surface area contributed by atoms with Crippen molar-refractivity contribution in [3.8, 4) is 0 Å². The second-order valence-corrected chi connectivity index (χ2v) is 8.94. The fraction of sp³-hybridized carbons (Fsp3) is 0.350. The minimum absolute atomic E-state index is 0.240. The molecule has 1 aromatic carbocycles. The van der Waals surface area contributed by atoms with Crippen LogP contribution in [0.5, 0.6) is 0 Å². The van der Waals surface area contributed by atoms with Crippen LogP contribution < -0.4 is 5.32 Å². The maximum Gasteiger partial charge on any atom is 0.286 e. The first-order chi connectivity index (χ1) is 14.2. The van der Waals surface area contributed by atoms with E-state index in [4.69, 9.17) is 4.74 Å². The van der Waals surface area contributed by atoms with Gasteiger partial charge in [-0.2, -0.15) is 0 Å². The van der Waals surface area contributed by atoms with Crippen molar-refractivity contribution < 1.29 is 13.9 Å². The predicted octanol–water partition coefficient (Wildman–Crippen LogP) is 4.17. The van der Waals surface area contributed by atoms with Gasteiger partial charge in [-0.1, -0.05) is 17.4 Å². The smallest absolute Gasteiger partial charge is 0.286 e. The van der Waals surface area contributed by atoms with Crippen molar-refractivity contribution in [2.75, 3.05) is 18.5 Å². The Bertz CT molecular complexity index is 924. The van der Waals surface area contributed by atoms with E-state index in [2.05, 4.69) is 31.9 Å². The molecular formula is C20H21FN4O2S2. The number of halogens is 1. The molecule has 3 heterocycles. The van der Waals surface area contributed by atoms with E-state index in [1.807, 2.05) is 6.07 Å². The number of carbonyl (C=O) groups excluding carboxylic acids is 1. The number of aromatic nitrogens is 2. The Morgan fingerprint density at radius 3 is 2.83 bits per heavy atom. The summed E-state index contributed by atoms with van der Waals surface area (Å²) >= 11 is 3.00. The molecule has 6 nitrogen and oxygen atoms in total. The topological polar surface area (TPSA) is 67.4 Å². The van der Waals surface area contributed by atoms with E-state index in [0.717, 1.165) is 37.5 Å². The van der Waals surface area contributed by atoms with Crippen LogP contribution in [-0.4, -0.2) is 40.3 Å². The molecule has 1 fully saturated rings. The van der Waals surface area contributed by atoms with Crippen LogP contribution in [0, 0.1) is 5.82 Å². The molecule has 1 saturated heterocycles. The first-order valence-corrected chi connectivity index (χ1v) is 11.1. The van der Waals surface area contributed by atoms with Gasteiger partial charge >= 0.3 is 0 Å². The summed E-state index contributed by atoms with van der Waals surface area (Å²) in [4.78, 5) is 16.0. The van der Waals surface area contributed by atoms with Crippen molar-refractivity contribution >= 4 is 34.3 Å². The molecule has 0 aliphatic carbocycles. The molecule has 1 aliphatic heterocycles. The number of hydrogen-bond acceptors (Lipinski definition) is 7. The Labute approximate surface area is 176 Å². The zero-order chi connectivity index (χ0) is 20.1. The Morgan fingerprint density at radius 1 is 1.24 bits per heavy atom. The Kier molecular flexibility index (Phi) is 6.60. The van der Waals surface area contributed by atoms with Gasteiger partial charge in [-0.15, -0.1) is 21.5 Å². The van der Waals surface area contributed by atoms with Crippen molar-refractivity contribution in [1.82, 2.24) is 15.1 Å². The fourth-order valence-corrected chi connectivity index (χ4v) is 4.73. The molecule has 0 radical (unpaired) electrons. The SMILES string of the molecule is O=C(Nc1ccc(F)cc1)c1nnc(CN(Cc2cccs2)C[C@@H]2CCCO2)s1. The highest BCUT2D eigenvalue weighted by Gasteiger charge is 2.22. The minimum Gasteiger partial charge on any atom is -0.377 e. The summed E-state index contributed by atoms with van der Waals surface area (Å²) < 4.78 is 18.8. The van der Waals surface area contributed by atoms with Crippen molar-refractivity contribution in [1.29, 1.82) is 0 Å². The molecule has 1 atom stereocenters. The normalized spacial score (nSPS) is 16.4. The number of amides is 1. The lowest BCUT2D eigenvalue weighted by Crippen LogP contribution is -2.31. The average molecular weight is 433 g/mol. The van der Waals surface area contributed by atoms with Gasteiger partial charge in [-0.25, -0.2) is 4.39 Å². The Balaban J connectivity index is 1.40. The number of ether oxygens (including phenoxy) is 1. The summed E-state index contributed by atoms with van der Waals surface area (Å²) in [6.07, 6.45) is 2.41. The lowest BCUT2D eigenvalue weighted by Gasteiger charge is -2.23. The summed E-state index contributed by atoms with van der Waals surface area (Å²) in [7, 11) is 0. The van der Waals surface area contributed by atoms with Crippen LogP contribution in [0.4, 0.5) is 10.1 Å². The molecule has 0 saturated carbocycles. The first kappa shape index (κ1) is 20.1. The number of nitrogens with zero attached hydrogens (tertiary/aromatic N) is 3. The standard InChI is InChI=1S/C20H21FN4O2S2/c21-14-5-7-15(8-6-14)22-19(26)20-24-23-18(29-20)13-25(11-16-3-1-9-27-16)12-17-4-2-10-28-17/h2,4-8,10,16H,1,3,9,11-13H2,(H,22,26)/t16-/m0/s1. The van der Waals surface area contributed by atoms with Gasteiger partial charge in [-0.3, -0.25) is 9.69 Å². The van der Waals surface area contributed by atoms with E-state index in [0.29, 0.717) is 12.2 Å². The first-order valence-electron chi connectivity index (χ1n) is 9.41. The van der Waals surface area contributed by atoms with Gasteiger partial charge in [-0.05, 0) is 48.6 Å². The zero-order valence-corrected chi connectivity index (χ0v) is 17.3. The van der Waals surface area contributed by atoms with Crippen molar-refractivity contribution in [3.05, 3.63) is 62.5 Å². The maximum absolute atomic E-state index is 13.0. The van der Waals surface area contributed by atoms with Crippen LogP contribution in [0.25, 0.3) is 0 Å². The quantitative estimate of drug-likeness (QED) is 0.579. The third-order valence-electron chi connectivity index (χ3n) is 4.57. The van der Waals surface area contributed by atoms with Gasteiger partial charge in [0.2, 0.25) is 5.01 Å². The third kappa shape index (κ3) is 5.66. The highest BCUT2D eigenvalue weighted by atomic mass is 32.1. The van der Waals surface area contributed by atoms with Gasteiger partial charge in [0.1, 0.15) is 10.8 Å². The van der Waals surface area contributed by atoms with Crippen LogP contribution in [0.3, 0.4) is 0 Å². The van der Waals surface area contributed by atoms with Crippen molar-refractivity contribution in [3.63, 3.8) is 0 Å². The van der Waals surface area contributed by atoms with Crippen LogP contribution in [-0.2, 0) is 17.8 Å². The number of benzene rings is 1. The maximum atomic E-state index is 13.0. The van der Waals surface area contributed by atoms with Gasteiger partial charge < -0.3 is 10.1 Å². The third-order valence-corrected chi connectivity index (χ3v) is 6.34. The van der Waals surface area contributed by atoms with E-state index >= 15 is 0 Å². The van der Waals surface area contributed by atoms with Gasteiger partial charge in [0.25, 0.3) is 5.91 Å². The molecule has 4 rings (SSSR count). The van der Waals surface area contributed by atoms with Gasteiger partial charge in [0, 0.05) is 30.3 Å². The van der Waals surface area contributed by atoms with Gasteiger partial charge in [0.05, 0.1) is 12.6 Å². The number of anilines is 1. The Morgan fingerprint density at radius 2 is 2.10 bits per heavy atom. The van der Waals surface area contributed by atoms with E-state index in [-0.39, 0.29) is 22.8 Å². The molecule has 152 valence electrons. The highest BCUT2D eigenvalue weighted by Crippen LogP contribution is 2.21. The molecule has 3 aromatic rings.